The second-order valence-corrected chi connectivity index (χ2v) is 6.44. The lowest BCUT2D eigenvalue weighted by Crippen LogP contribution is -2.42. The maximum atomic E-state index is 12.9. The second-order valence-electron chi connectivity index (χ2n) is 6.44. The number of likely N-dealkylation sites (tertiary alicyclic amines) is 1. The Labute approximate surface area is 158 Å². The summed E-state index contributed by atoms with van der Waals surface area (Å²) in [7, 11) is 1.58. The number of anilines is 1. The SMILES string of the molecule is COc1ccc(C(=O)N(CCN2CCCC2)CC(=O)Nc2ccon2)cc1. The van der Waals surface area contributed by atoms with Gasteiger partial charge < -0.3 is 24.4 Å². The van der Waals surface area contributed by atoms with E-state index in [1.165, 1.54) is 19.1 Å². The van der Waals surface area contributed by atoms with Gasteiger partial charge >= 0.3 is 0 Å². The summed E-state index contributed by atoms with van der Waals surface area (Å²) < 4.78 is 9.85. The Balaban J connectivity index is 1.66. The van der Waals surface area contributed by atoms with Gasteiger partial charge in [-0.3, -0.25) is 9.59 Å². The summed E-state index contributed by atoms with van der Waals surface area (Å²) in [4.78, 5) is 29.1. The smallest absolute Gasteiger partial charge is 0.254 e. The second kappa shape index (κ2) is 9.18. The van der Waals surface area contributed by atoms with Gasteiger partial charge in [-0.1, -0.05) is 5.16 Å². The molecule has 0 saturated carbocycles. The molecule has 2 heterocycles. The van der Waals surface area contributed by atoms with Crippen molar-refractivity contribution in [3.05, 3.63) is 42.2 Å². The van der Waals surface area contributed by atoms with Crippen molar-refractivity contribution in [1.29, 1.82) is 0 Å². The monoisotopic (exact) mass is 372 g/mol. The van der Waals surface area contributed by atoms with Gasteiger partial charge in [0.05, 0.1) is 7.11 Å². The highest BCUT2D eigenvalue weighted by atomic mass is 16.5. The van der Waals surface area contributed by atoms with E-state index in [0.29, 0.717) is 23.7 Å². The van der Waals surface area contributed by atoms with Crippen molar-refractivity contribution < 1.29 is 18.8 Å². The first-order valence-corrected chi connectivity index (χ1v) is 9.01. The van der Waals surface area contributed by atoms with Crippen molar-refractivity contribution in [2.75, 3.05) is 45.2 Å². The van der Waals surface area contributed by atoms with Gasteiger partial charge in [0, 0.05) is 24.7 Å². The van der Waals surface area contributed by atoms with E-state index >= 15 is 0 Å². The zero-order valence-electron chi connectivity index (χ0n) is 15.4. The third-order valence-electron chi connectivity index (χ3n) is 4.55. The largest absolute Gasteiger partial charge is 0.497 e. The lowest BCUT2D eigenvalue weighted by Gasteiger charge is -2.25. The highest BCUT2D eigenvalue weighted by Crippen LogP contribution is 2.14. The molecule has 0 aliphatic carbocycles. The van der Waals surface area contributed by atoms with Crippen molar-refractivity contribution >= 4 is 17.6 Å². The summed E-state index contributed by atoms with van der Waals surface area (Å²) in [6, 6.07) is 8.44. The number of nitrogens with one attached hydrogen (secondary N) is 1. The number of aromatic nitrogens is 1. The van der Waals surface area contributed by atoms with E-state index in [1.807, 2.05) is 0 Å². The summed E-state index contributed by atoms with van der Waals surface area (Å²) in [6.45, 7) is 3.26. The van der Waals surface area contributed by atoms with E-state index in [4.69, 9.17) is 9.26 Å². The zero-order valence-corrected chi connectivity index (χ0v) is 15.4. The van der Waals surface area contributed by atoms with Crippen LogP contribution in [0.25, 0.3) is 0 Å². The highest BCUT2D eigenvalue weighted by molar-refractivity contribution is 5.99. The Morgan fingerprint density at radius 1 is 1.22 bits per heavy atom. The van der Waals surface area contributed by atoms with Crippen LogP contribution in [0.2, 0.25) is 0 Å². The summed E-state index contributed by atoms with van der Waals surface area (Å²) >= 11 is 0. The van der Waals surface area contributed by atoms with E-state index in [1.54, 1.807) is 42.3 Å². The molecule has 0 unspecified atom stereocenters. The van der Waals surface area contributed by atoms with E-state index in [2.05, 4.69) is 15.4 Å². The molecule has 0 radical (unpaired) electrons. The minimum atomic E-state index is -0.313. The first-order chi connectivity index (χ1) is 13.2. The number of carbonyl (C=O) groups is 2. The summed E-state index contributed by atoms with van der Waals surface area (Å²) in [6.07, 6.45) is 3.74. The number of benzene rings is 1. The third-order valence-corrected chi connectivity index (χ3v) is 4.55. The molecule has 2 amide bonds. The summed E-state index contributed by atoms with van der Waals surface area (Å²) in [5, 5.41) is 6.30. The number of amides is 2. The number of carbonyl (C=O) groups excluding carboxylic acids is 2. The molecule has 1 saturated heterocycles. The molecule has 0 bridgehead atoms. The number of hydrogen-bond acceptors (Lipinski definition) is 6. The average Bonchev–Trinajstić information content (AvgIpc) is 3.38. The topological polar surface area (TPSA) is 87.9 Å². The fourth-order valence-corrected chi connectivity index (χ4v) is 3.07. The third kappa shape index (κ3) is 5.30. The predicted molar refractivity (Wildman–Crippen MR) is 99.7 cm³/mol. The number of hydrogen-bond donors (Lipinski definition) is 1. The zero-order chi connectivity index (χ0) is 19.1. The lowest BCUT2D eigenvalue weighted by atomic mass is 10.2. The minimum absolute atomic E-state index is 0.0500. The Kier molecular flexibility index (Phi) is 6.43. The molecule has 27 heavy (non-hydrogen) atoms. The van der Waals surface area contributed by atoms with E-state index in [9.17, 15) is 9.59 Å². The number of ether oxygens (including phenoxy) is 1. The molecule has 2 aromatic rings. The fraction of sp³-hybridized carbons (Fsp3) is 0.421. The number of nitrogens with zero attached hydrogens (tertiary/aromatic N) is 3. The molecule has 8 heteroatoms. The Morgan fingerprint density at radius 3 is 2.59 bits per heavy atom. The molecule has 1 N–H and O–H groups in total. The van der Waals surface area contributed by atoms with Gasteiger partial charge in [-0.15, -0.1) is 0 Å². The lowest BCUT2D eigenvalue weighted by molar-refractivity contribution is -0.117. The van der Waals surface area contributed by atoms with Gasteiger partial charge in [0.15, 0.2) is 5.82 Å². The maximum Gasteiger partial charge on any atom is 0.254 e. The normalized spacial score (nSPS) is 14.1. The molecule has 1 aliphatic heterocycles. The summed E-state index contributed by atoms with van der Waals surface area (Å²) in [5.41, 5.74) is 0.520. The van der Waals surface area contributed by atoms with Crippen LogP contribution >= 0.6 is 0 Å². The van der Waals surface area contributed by atoms with Crippen molar-refractivity contribution in [3.8, 4) is 5.75 Å². The molecule has 144 valence electrons. The van der Waals surface area contributed by atoms with Crippen LogP contribution < -0.4 is 10.1 Å². The molecule has 1 aromatic carbocycles. The molecular weight excluding hydrogens is 348 g/mol. The van der Waals surface area contributed by atoms with Crippen LogP contribution in [0.1, 0.15) is 23.2 Å². The van der Waals surface area contributed by atoms with Crippen molar-refractivity contribution in [1.82, 2.24) is 15.0 Å². The Morgan fingerprint density at radius 2 is 1.96 bits per heavy atom. The van der Waals surface area contributed by atoms with Crippen LogP contribution in [-0.4, -0.2) is 66.6 Å². The molecule has 8 nitrogen and oxygen atoms in total. The van der Waals surface area contributed by atoms with Crippen LogP contribution in [0.15, 0.2) is 41.1 Å². The molecule has 3 rings (SSSR count). The van der Waals surface area contributed by atoms with E-state index in [0.717, 1.165) is 19.6 Å². The number of methoxy groups -OCH3 is 1. The molecule has 0 spiro atoms. The molecular formula is C19H24N4O4. The van der Waals surface area contributed by atoms with E-state index in [-0.39, 0.29) is 18.4 Å². The molecule has 1 aliphatic rings. The first-order valence-electron chi connectivity index (χ1n) is 9.01. The van der Waals surface area contributed by atoms with Crippen LogP contribution in [0.4, 0.5) is 5.82 Å². The molecule has 0 atom stereocenters. The highest BCUT2D eigenvalue weighted by Gasteiger charge is 2.21. The fourth-order valence-electron chi connectivity index (χ4n) is 3.07. The van der Waals surface area contributed by atoms with Crippen LogP contribution in [0.5, 0.6) is 5.75 Å². The van der Waals surface area contributed by atoms with Gasteiger partial charge in [0.2, 0.25) is 5.91 Å². The van der Waals surface area contributed by atoms with Crippen LogP contribution in [0.3, 0.4) is 0 Å². The van der Waals surface area contributed by atoms with Gasteiger partial charge in [-0.25, -0.2) is 0 Å². The quantitative estimate of drug-likeness (QED) is 0.761. The van der Waals surface area contributed by atoms with Crippen LogP contribution in [-0.2, 0) is 4.79 Å². The van der Waals surface area contributed by atoms with Gasteiger partial charge in [0.1, 0.15) is 18.6 Å². The van der Waals surface area contributed by atoms with Crippen molar-refractivity contribution in [3.63, 3.8) is 0 Å². The first kappa shape index (κ1) is 18.9. The van der Waals surface area contributed by atoms with Crippen LogP contribution in [0, 0.1) is 0 Å². The summed E-state index contributed by atoms with van der Waals surface area (Å²) in [5.74, 6) is 0.509. The Bertz CT molecular complexity index is 740. The van der Waals surface area contributed by atoms with Gasteiger partial charge in [0.25, 0.3) is 5.91 Å². The maximum absolute atomic E-state index is 12.9. The molecule has 1 fully saturated rings. The van der Waals surface area contributed by atoms with Crippen molar-refractivity contribution in [2.24, 2.45) is 0 Å². The average molecular weight is 372 g/mol. The predicted octanol–water partition coefficient (Wildman–Crippen LogP) is 1.86. The van der Waals surface area contributed by atoms with Gasteiger partial charge in [-0.05, 0) is 50.2 Å². The van der Waals surface area contributed by atoms with Gasteiger partial charge in [-0.2, -0.15) is 0 Å². The standard InChI is InChI=1S/C19H24N4O4/c1-26-16-6-4-15(5-7-16)19(25)23(12-11-22-9-2-3-10-22)14-18(24)20-17-8-13-27-21-17/h4-8,13H,2-3,9-12,14H2,1H3,(H,20,21,24). The minimum Gasteiger partial charge on any atom is -0.497 e. The number of rotatable bonds is 8. The van der Waals surface area contributed by atoms with E-state index < -0.39 is 0 Å². The Hall–Kier alpha value is -2.87. The molecule has 1 aromatic heterocycles. The van der Waals surface area contributed by atoms with Crippen molar-refractivity contribution in [2.45, 2.75) is 12.8 Å².